The number of hydrogen-bond donors (Lipinski definition) is 5. The second kappa shape index (κ2) is 9.28. The number of hydrogen-bond acceptors (Lipinski definition) is 12. The Kier molecular flexibility index (Phi) is 7.11. The lowest BCUT2D eigenvalue weighted by Gasteiger charge is -2.12. The minimum Gasteiger partial charge on any atom is -0.506 e. The fourth-order valence-corrected chi connectivity index (χ4v) is 6.04. The molecule has 0 spiro atoms. The number of fused-ring (bicyclic) bond motifs is 1. The lowest BCUT2D eigenvalue weighted by Crippen LogP contribution is -2.06. The molecule has 19 heteroatoms. The van der Waals surface area contributed by atoms with Gasteiger partial charge >= 0.3 is 0 Å². The van der Waals surface area contributed by atoms with E-state index >= 15 is 0 Å². The van der Waals surface area contributed by atoms with Gasteiger partial charge in [0.25, 0.3) is 30.4 Å². The maximum Gasteiger partial charge on any atom is 0.296 e. The van der Waals surface area contributed by atoms with E-state index in [1.807, 2.05) is 0 Å². The number of rotatable bonds is 7. The van der Waals surface area contributed by atoms with Crippen LogP contribution in [0.4, 0.5) is 11.4 Å². The van der Waals surface area contributed by atoms with Crippen molar-refractivity contribution in [1.82, 2.24) is 0 Å². The SMILES string of the molecule is CCS(=O)(=O)c1ccc(O)c(N=Nc2c(S(=O)(=O)O)cc3cc(S(=O)(=O)O)cc(S(=O)(=O)O)c3c2O)c1. The molecule has 0 fully saturated rings. The van der Waals surface area contributed by atoms with Crippen molar-refractivity contribution in [2.24, 2.45) is 10.2 Å². The molecule has 0 aromatic heterocycles. The highest BCUT2D eigenvalue weighted by molar-refractivity contribution is 7.91. The topological polar surface area (TPSA) is 262 Å². The molecule has 0 radical (unpaired) electrons. The van der Waals surface area contributed by atoms with E-state index in [1.54, 1.807) is 0 Å². The van der Waals surface area contributed by atoms with Crippen molar-refractivity contribution in [1.29, 1.82) is 0 Å². The second-order valence-electron chi connectivity index (χ2n) is 7.27. The molecule has 0 saturated carbocycles. The summed E-state index contributed by atoms with van der Waals surface area (Å²) in [6, 6.07) is 4.14. The Bertz CT molecular complexity index is 1910. The Balaban J connectivity index is 2.44. The van der Waals surface area contributed by atoms with Crippen molar-refractivity contribution in [2.75, 3.05) is 5.75 Å². The number of sulfone groups is 1. The van der Waals surface area contributed by atoms with Gasteiger partial charge in [-0.05, 0) is 41.8 Å². The summed E-state index contributed by atoms with van der Waals surface area (Å²) in [5.41, 5.74) is -1.66. The molecule has 200 valence electrons. The van der Waals surface area contributed by atoms with E-state index in [2.05, 4.69) is 10.2 Å². The Morgan fingerprint density at radius 3 is 1.81 bits per heavy atom. The molecule has 0 aliphatic heterocycles. The van der Waals surface area contributed by atoms with Crippen molar-refractivity contribution in [2.45, 2.75) is 26.5 Å². The van der Waals surface area contributed by atoms with Crippen molar-refractivity contribution >= 4 is 62.3 Å². The van der Waals surface area contributed by atoms with Crippen molar-refractivity contribution in [3.63, 3.8) is 0 Å². The van der Waals surface area contributed by atoms with E-state index < -0.39 is 88.5 Å². The molecule has 0 aliphatic rings. The van der Waals surface area contributed by atoms with Crippen LogP contribution >= 0.6 is 0 Å². The molecule has 0 unspecified atom stereocenters. The average molecular weight is 597 g/mol. The molecule has 3 aromatic rings. The van der Waals surface area contributed by atoms with Crippen LogP contribution in [0.2, 0.25) is 0 Å². The predicted octanol–water partition coefficient (Wildman–Crippen LogP) is 2.20. The molecule has 0 heterocycles. The van der Waals surface area contributed by atoms with Crippen LogP contribution in [0, 0.1) is 0 Å². The summed E-state index contributed by atoms with van der Waals surface area (Å²) in [7, 11) is -19.5. The fourth-order valence-electron chi connectivity index (χ4n) is 3.12. The van der Waals surface area contributed by atoms with Gasteiger partial charge in [0.2, 0.25) is 0 Å². The quantitative estimate of drug-likeness (QED) is 0.194. The first-order chi connectivity index (χ1) is 16.8. The van der Waals surface area contributed by atoms with Gasteiger partial charge < -0.3 is 10.2 Å². The van der Waals surface area contributed by atoms with Crippen molar-refractivity contribution in [3.05, 3.63) is 36.4 Å². The van der Waals surface area contributed by atoms with Crippen LogP contribution in [0.15, 0.2) is 66.2 Å². The highest BCUT2D eigenvalue weighted by Gasteiger charge is 2.28. The molecule has 0 atom stereocenters. The summed E-state index contributed by atoms with van der Waals surface area (Å²) in [5, 5.41) is 26.1. The molecule has 0 saturated heterocycles. The zero-order valence-electron chi connectivity index (χ0n) is 18.2. The van der Waals surface area contributed by atoms with Crippen LogP contribution in [0.5, 0.6) is 11.5 Å². The van der Waals surface area contributed by atoms with Gasteiger partial charge in [-0.1, -0.05) is 6.92 Å². The Labute approximate surface area is 209 Å². The van der Waals surface area contributed by atoms with Crippen LogP contribution in [-0.4, -0.2) is 63.3 Å². The molecule has 0 aliphatic carbocycles. The van der Waals surface area contributed by atoms with Gasteiger partial charge in [0.05, 0.1) is 15.5 Å². The van der Waals surface area contributed by atoms with Crippen LogP contribution in [0.25, 0.3) is 10.8 Å². The molecule has 3 rings (SSSR count). The number of nitrogens with zero attached hydrogens (tertiary/aromatic N) is 2. The molecule has 15 nitrogen and oxygen atoms in total. The lowest BCUT2D eigenvalue weighted by atomic mass is 10.1. The predicted molar refractivity (Wildman–Crippen MR) is 125 cm³/mol. The molecule has 37 heavy (non-hydrogen) atoms. The summed E-state index contributed by atoms with van der Waals surface area (Å²) >= 11 is 0. The normalized spacial score (nSPS) is 13.4. The van der Waals surface area contributed by atoms with Crippen LogP contribution in [0.1, 0.15) is 6.92 Å². The summed E-state index contributed by atoms with van der Waals surface area (Å²) in [6.07, 6.45) is 0. The maximum absolute atomic E-state index is 12.1. The summed E-state index contributed by atoms with van der Waals surface area (Å²) in [4.78, 5) is -3.92. The fraction of sp³-hybridized carbons (Fsp3) is 0.111. The summed E-state index contributed by atoms with van der Waals surface area (Å²) < 4.78 is 124. The van der Waals surface area contributed by atoms with E-state index in [9.17, 15) is 57.5 Å². The van der Waals surface area contributed by atoms with Crippen LogP contribution < -0.4 is 0 Å². The molecule has 0 bridgehead atoms. The zero-order valence-corrected chi connectivity index (χ0v) is 21.5. The summed E-state index contributed by atoms with van der Waals surface area (Å²) in [6.45, 7) is 1.34. The van der Waals surface area contributed by atoms with Crippen LogP contribution in [-0.2, 0) is 40.2 Å². The van der Waals surface area contributed by atoms with Gasteiger partial charge in [0.1, 0.15) is 26.9 Å². The Morgan fingerprint density at radius 2 is 1.30 bits per heavy atom. The van der Waals surface area contributed by atoms with Gasteiger partial charge in [-0.2, -0.15) is 25.3 Å². The Morgan fingerprint density at radius 1 is 0.703 bits per heavy atom. The maximum atomic E-state index is 12.1. The largest absolute Gasteiger partial charge is 0.506 e. The van der Waals surface area contributed by atoms with Gasteiger partial charge in [-0.15, -0.1) is 10.2 Å². The highest BCUT2D eigenvalue weighted by Crippen LogP contribution is 2.45. The summed E-state index contributed by atoms with van der Waals surface area (Å²) in [5.74, 6) is -2.29. The van der Waals surface area contributed by atoms with E-state index in [0.29, 0.717) is 12.1 Å². The number of phenolic OH excluding ortho intramolecular Hbond substituents is 2. The third-order valence-electron chi connectivity index (χ3n) is 4.88. The Hall–Kier alpha value is -3.20. The molecular formula is C18H16N2O13S4. The average Bonchev–Trinajstić information content (AvgIpc) is 2.76. The third-order valence-corrected chi connectivity index (χ3v) is 9.19. The lowest BCUT2D eigenvalue weighted by molar-refractivity contribution is 0.469. The number of benzene rings is 3. The third kappa shape index (κ3) is 5.71. The smallest absolute Gasteiger partial charge is 0.296 e. The molecule has 3 aromatic carbocycles. The molecule has 5 N–H and O–H groups in total. The molecular weight excluding hydrogens is 580 g/mol. The standard InChI is InChI=1S/C18H16N2O13S4/c1-2-34(23,24)10-3-4-13(21)12(7-10)19-20-17-15(37(31,32)33)6-9-5-11(35(25,26)27)8-14(36(28,29)30)16(9)18(17)22/h3-8,21-22H,2H2,1H3,(H,25,26,27)(H,28,29,30)(H,31,32,33). The number of aromatic hydroxyl groups is 2. The monoisotopic (exact) mass is 596 g/mol. The second-order valence-corrected chi connectivity index (χ2v) is 13.8. The van der Waals surface area contributed by atoms with Gasteiger partial charge in [-0.25, -0.2) is 8.42 Å². The van der Waals surface area contributed by atoms with Crippen LogP contribution in [0.3, 0.4) is 0 Å². The number of azo groups is 1. The zero-order chi connectivity index (χ0) is 28.1. The van der Waals surface area contributed by atoms with Gasteiger partial charge in [0.15, 0.2) is 15.6 Å². The van der Waals surface area contributed by atoms with Crippen molar-refractivity contribution < 1.29 is 57.5 Å². The first-order valence-corrected chi connectivity index (χ1v) is 15.5. The van der Waals surface area contributed by atoms with E-state index in [-0.39, 0.29) is 16.7 Å². The van der Waals surface area contributed by atoms with Gasteiger partial charge in [0, 0.05) is 5.39 Å². The number of phenols is 2. The van der Waals surface area contributed by atoms with E-state index in [4.69, 9.17) is 0 Å². The highest BCUT2D eigenvalue weighted by atomic mass is 32.2. The van der Waals surface area contributed by atoms with E-state index in [0.717, 1.165) is 18.2 Å². The minimum absolute atomic E-state index is 0.270. The first kappa shape index (κ1) is 28.4. The van der Waals surface area contributed by atoms with Crippen molar-refractivity contribution in [3.8, 4) is 11.5 Å². The van der Waals surface area contributed by atoms with E-state index in [1.165, 1.54) is 6.92 Å². The first-order valence-electron chi connectivity index (χ1n) is 9.51. The van der Waals surface area contributed by atoms with Gasteiger partial charge in [-0.3, -0.25) is 13.7 Å². The minimum atomic E-state index is -5.33. The molecule has 0 amide bonds.